The summed E-state index contributed by atoms with van der Waals surface area (Å²) in [6.45, 7) is 0.592. The van der Waals surface area contributed by atoms with Gasteiger partial charge in [-0.3, -0.25) is 9.78 Å². The number of carbonyl (C=O) groups excluding carboxylic acids is 1. The van der Waals surface area contributed by atoms with E-state index >= 15 is 0 Å². The average Bonchev–Trinajstić information content (AvgIpc) is 2.80. The molecule has 0 saturated carbocycles. The molecule has 0 aliphatic rings. The van der Waals surface area contributed by atoms with E-state index in [2.05, 4.69) is 20.6 Å². The van der Waals surface area contributed by atoms with Crippen LogP contribution in [-0.2, 0) is 6.54 Å². The number of nitrogens with zero attached hydrogens (tertiary/aromatic N) is 2. The minimum Gasteiger partial charge on any atom is -0.455 e. The first-order valence-corrected chi connectivity index (χ1v) is 9.50. The number of benzene rings is 2. The Morgan fingerprint density at radius 2 is 1.63 bits per heavy atom. The van der Waals surface area contributed by atoms with E-state index in [9.17, 15) is 4.79 Å². The zero-order chi connectivity index (χ0) is 20.6. The number of nitrogens with one attached hydrogen (secondary N) is 2. The van der Waals surface area contributed by atoms with Crippen LogP contribution in [0.4, 0.5) is 11.5 Å². The smallest absolute Gasteiger partial charge is 0.255 e. The zero-order valence-electron chi connectivity index (χ0n) is 16.2. The van der Waals surface area contributed by atoms with Crippen LogP contribution < -0.4 is 15.4 Å². The topological polar surface area (TPSA) is 76.1 Å². The Labute approximate surface area is 174 Å². The molecule has 0 radical (unpaired) electrons. The van der Waals surface area contributed by atoms with Gasteiger partial charge in [0.2, 0.25) is 0 Å². The van der Waals surface area contributed by atoms with Crippen LogP contribution in [0.3, 0.4) is 0 Å². The SMILES string of the molecule is O=C(Nc1ccccc1Oc1ccccc1)c1ccnc(NCc2ccncc2)c1. The van der Waals surface area contributed by atoms with Gasteiger partial charge in [0.1, 0.15) is 11.6 Å². The summed E-state index contributed by atoms with van der Waals surface area (Å²) in [6.07, 6.45) is 5.09. The van der Waals surface area contributed by atoms with Crippen molar-refractivity contribution in [3.05, 3.63) is 109 Å². The molecule has 0 unspecified atom stereocenters. The van der Waals surface area contributed by atoms with E-state index in [0.29, 0.717) is 35.1 Å². The monoisotopic (exact) mass is 396 g/mol. The molecule has 4 aromatic rings. The summed E-state index contributed by atoms with van der Waals surface area (Å²) in [7, 11) is 0. The molecule has 6 heteroatoms. The standard InChI is InChI=1S/C24H20N4O2/c29-24(19-12-15-26-23(16-19)27-17-18-10-13-25-14-11-18)28-21-8-4-5-9-22(21)30-20-6-2-1-3-7-20/h1-16H,17H2,(H,26,27)(H,28,29). The highest BCUT2D eigenvalue weighted by molar-refractivity contribution is 6.05. The van der Waals surface area contributed by atoms with Gasteiger partial charge in [0, 0.05) is 30.7 Å². The minimum absolute atomic E-state index is 0.242. The number of hydrogen-bond donors (Lipinski definition) is 2. The van der Waals surface area contributed by atoms with Crippen LogP contribution in [0, 0.1) is 0 Å². The van der Waals surface area contributed by atoms with Crippen molar-refractivity contribution < 1.29 is 9.53 Å². The first kappa shape index (κ1) is 19.1. The molecule has 2 aromatic carbocycles. The third-order valence-corrected chi connectivity index (χ3v) is 4.35. The minimum atomic E-state index is -0.242. The molecule has 0 bridgehead atoms. The molecular formula is C24H20N4O2. The second-order valence-corrected chi connectivity index (χ2v) is 6.50. The van der Waals surface area contributed by atoms with Gasteiger partial charge in [0.15, 0.2) is 5.75 Å². The van der Waals surface area contributed by atoms with Gasteiger partial charge in [-0.25, -0.2) is 4.98 Å². The Kier molecular flexibility index (Phi) is 5.96. The van der Waals surface area contributed by atoms with Crippen LogP contribution >= 0.6 is 0 Å². The van der Waals surface area contributed by atoms with E-state index in [0.717, 1.165) is 5.56 Å². The van der Waals surface area contributed by atoms with Crippen LogP contribution in [0.5, 0.6) is 11.5 Å². The first-order chi connectivity index (χ1) is 14.8. The fourth-order valence-electron chi connectivity index (χ4n) is 2.83. The van der Waals surface area contributed by atoms with Crippen molar-refractivity contribution in [1.82, 2.24) is 9.97 Å². The molecule has 0 fully saturated rings. The zero-order valence-corrected chi connectivity index (χ0v) is 16.2. The van der Waals surface area contributed by atoms with Crippen molar-refractivity contribution in [2.24, 2.45) is 0 Å². The van der Waals surface area contributed by atoms with Gasteiger partial charge in [-0.2, -0.15) is 0 Å². The molecule has 0 aliphatic carbocycles. The van der Waals surface area contributed by atoms with E-state index in [1.165, 1.54) is 0 Å². The Morgan fingerprint density at radius 1 is 0.867 bits per heavy atom. The summed E-state index contributed by atoms with van der Waals surface area (Å²) in [4.78, 5) is 21.1. The van der Waals surface area contributed by atoms with Crippen molar-refractivity contribution in [3.63, 3.8) is 0 Å². The average molecular weight is 396 g/mol. The fourth-order valence-corrected chi connectivity index (χ4v) is 2.83. The Hall–Kier alpha value is -4.19. The number of para-hydroxylation sites is 3. The Balaban J connectivity index is 1.45. The van der Waals surface area contributed by atoms with Crippen molar-refractivity contribution in [3.8, 4) is 11.5 Å². The summed E-state index contributed by atoms with van der Waals surface area (Å²) >= 11 is 0. The second-order valence-electron chi connectivity index (χ2n) is 6.50. The van der Waals surface area contributed by atoms with Crippen LogP contribution in [0.2, 0.25) is 0 Å². The van der Waals surface area contributed by atoms with Crippen molar-refractivity contribution in [1.29, 1.82) is 0 Å². The predicted molar refractivity (Wildman–Crippen MR) is 117 cm³/mol. The first-order valence-electron chi connectivity index (χ1n) is 9.50. The van der Waals surface area contributed by atoms with Crippen molar-refractivity contribution in [2.45, 2.75) is 6.54 Å². The molecule has 2 heterocycles. The summed E-state index contributed by atoms with van der Waals surface area (Å²) in [5, 5.41) is 6.14. The molecule has 1 amide bonds. The fraction of sp³-hybridized carbons (Fsp3) is 0.0417. The molecule has 0 aliphatic heterocycles. The van der Waals surface area contributed by atoms with E-state index in [1.807, 2.05) is 60.7 Å². The highest BCUT2D eigenvalue weighted by Crippen LogP contribution is 2.29. The van der Waals surface area contributed by atoms with Gasteiger partial charge in [0.25, 0.3) is 5.91 Å². The number of amides is 1. The number of pyridine rings is 2. The van der Waals surface area contributed by atoms with Crippen LogP contribution in [-0.4, -0.2) is 15.9 Å². The van der Waals surface area contributed by atoms with E-state index in [1.54, 1.807) is 36.8 Å². The number of aromatic nitrogens is 2. The molecule has 2 N–H and O–H groups in total. The van der Waals surface area contributed by atoms with E-state index < -0.39 is 0 Å². The van der Waals surface area contributed by atoms with Crippen LogP contribution in [0.15, 0.2) is 97.5 Å². The summed E-state index contributed by atoms with van der Waals surface area (Å²) in [5.74, 6) is 1.65. The van der Waals surface area contributed by atoms with Gasteiger partial charge in [-0.15, -0.1) is 0 Å². The van der Waals surface area contributed by atoms with Crippen molar-refractivity contribution >= 4 is 17.4 Å². The predicted octanol–water partition coefficient (Wildman–Crippen LogP) is 5.13. The molecule has 148 valence electrons. The van der Waals surface area contributed by atoms with Gasteiger partial charge in [-0.05, 0) is 54.1 Å². The summed E-state index contributed by atoms with van der Waals surface area (Å²) in [6, 6.07) is 24.0. The molecule has 4 rings (SSSR count). The maximum atomic E-state index is 12.8. The lowest BCUT2D eigenvalue weighted by Crippen LogP contribution is -2.13. The quantitative estimate of drug-likeness (QED) is 0.453. The lowest BCUT2D eigenvalue weighted by atomic mass is 10.2. The summed E-state index contributed by atoms with van der Waals surface area (Å²) < 4.78 is 5.91. The highest BCUT2D eigenvalue weighted by Gasteiger charge is 2.11. The van der Waals surface area contributed by atoms with Crippen LogP contribution in [0.25, 0.3) is 0 Å². The Bertz CT molecular complexity index is 1120. The van der Waals surface area contributed by atoms with E-state index in [4.69, 9.17) is 4.74 Å². The lowest BCUT2D eigenvalue weighted by molar-refractivity contribution is 0.102. The number of rotatable bonds is 7. The second kappa shape index (κ2) is 9.34. The Morgan fingerprint density at radius 3 is 2.47 bits per heavy atom. The maximum absolute atomic E-state index is 12.8. The molecule has 2 aromatic heterocycles. The third-order valence-electron chi connectivity index (χ3n) is 4.35. The molecule has 30 heavy (non-hydrogen) atoms. The maximum Gasteiger partial charge on any atom is 0.255 e. The van der Waals surface area contributed by atoms with Gasteiger partial charge in [-0.1, -0.05) is 30.3 Å². The third kappa shape index (κ3) is 4.99. The molecule has 0 atom stereocenters. The van der Waals surface area contributed by atoms with E-state index in [-0.39, 0.29) is 5.91 Å². The molecule has 0 spiro atoms. The lowest BCUT2D eigenvalue weighted by Gasteiger charge is -2.13. The molecule has 0 saturated heterocycles. The van der Waals surface area contributed by atoms with Crippen molar-refractivity contribution in [2.75, 3.05) is 10.6 Å². The number of ether oxygens (including phenoxy) is 1. The molecule has 6 nitrogen and oxygen atoms in total. The van der Waals surface area contributed by atoms with Gasteiger partial charge >= 0.3 is 0 Å². The van der Waals surface area contributed by atoms with Gasteiger partial charge in [0.05, 0.1) is 5.69 Å². The normalized spacial score (nSPS) is 10.3. The number of carbonyl (C=O) groups is 1. The number of anilines is 2. The highest BCUT2D eigenvalue weighted by atomic mass is 16.5. The van der Waals surface area contributed by atoms with Crippen LogP contribution in [0.1, 0.15) is 15.9 Å². The molecular weight excluding hydrogens is 376 g/mol. The van der Waals surface area contributed by atoms with Gasteiger partial charge < -0.3 is 15.4 Å². The number of hydrogen-bond acceptors (Lipinski definition) is 5. The largest absolute Gasteiger partial charge is 0.455 e. The summed E-state index contributed by atoms with van der Waals surface area (Å²) in [5.41, 5.74) is 2.17.